The summed E-state index contributed by atoms with van der Waals surface area (Å²) in [6, 6.07) is 16.7. The van der Waals surface area contributed by atoms with Crippen molar-refractivity contribution in [2.75, 3.05) is 19.4 Å². The Morgan fingerprint density at radius 2 is 2.00 bits per heavy atom. The van der Waals surface area contributed by atoms with E-state index in [1.54, 1.807) is 23.1 Å². The van der Waals surface area contributed by atoms with E-state index in [9.17, 15) is 0 Å². The number of halogens is 1. The average Bonchev–Trinajstić information content (AvgIpc) is 3.41. The summed E-state index contributed by atoms with van der Waals surface area (Å²) in [6.07, 6.45) is 6.41. The molecule has 1 aliphatic rings. The summed E-state index contributed by atoms with van der Waals surface area (Å²) in [5.74, 6) is 0. The Bertz CT molecular complexity index is 1030. The maximum absolute atomic E-state index is 5.73. The Morgan fingerprint density at radius 3 is 2.69 bits per heavy atom. The lowest BCUT2D eigenvalue weighted by Gasteiger charge is -2.06. The standard InChI is InChI=1S/C22H22BrN3OS2/c1-28-20-10-4-16(5-11-20)13-25-26-21(17-6-8-18(23)9-7-17)15-29-22(26)24-14-19-3-2-12-27-19/h4-11,13,15,19H,2-3,12,14H2,1H3. The maximum Gasteiger partial charge on any atom is 0.206 e. The molecule has 0 bridgehead atoms. The molecule has 1 fully saturated rings. The molecule has 1 saturated heterocycles. The first kappa shape index (κ1) is 20.6. The van der Waals surface area contributed by atoms with Crippen LogP contribution in [0.3, 0.4) is 0 Å². The van der Waals surface area contributed by atoms with Gasteiger partial charge in [-0.1, -0.05) is 40.2 Å². The highest BCUT2D eigenvalue weighted by Crippen LogP contribution is 2.23. The van der Waals surface area contributed by atoms with Gasteiger partial charge in [0.15, 0.2) is 0 Å². The lowest BCUT2D eigenvalue weighted by molar-refractivity contribution is 0.117. The van der Waals surface area contributed by atoms with Crippen molar-refractivity contribution >= 4 is 45.2 Å². The van der Waals surface area contributed by atoms with E-state index in [1.807, 2.05) is 23.0 Å². The normalized spacial score (nSPS) is 17.4. The van der Waals surface area contributed by atoms with Crippen LogP contribution >= 0.6 is 39.0 Å². The van der Waals surface area contributed by atoms with Gasteiger partial charge in [-0.2, -0.15) is 5.10 Å². The highest BCUT2D eigenvalue weighted by molar-refractivity contribution is 9.10. The molecule has 4 rings (SSSR count). The van der Waals surface area contributed by atoms with Crippen molar-refractivity contribution in [3.05, 3.63) is 68.7 Å². The zero-order chi connectivity index (χ0) is 20.1. The number of aromatic nitrogens is 1. The van der Waals surface area contributed by atoms with Gasteiger partial charge >= 0.3 is 0 Å². The molecule has 0 aliphatic carbocycles. The Hall–Kier alpha value is -1.67. The predicted molar refractivity (Wildman–Crippen MR) is 126 cm³/mol. The monoisotopic (exact) mass is 487 g/mol. The van der Waals surface area contributed by atoms with E-state index in [2.05, 4.69) is 64.0 Å². The molecule has 0 spiro atoms. The minimum Gasteiger partial charge on any atom is -0.376 e. The highest BCUT2D eigenvalue weighted by atomic mass is 79.9. The molecule has 0 amide bonds. The van der Waals surface area contributed by atoms with E-state index in [4.69, 9.17) is 14.8 Å². The van der Waals surface area contributed by atoms with Crippen LogP contribution in [0.1, 0.15) is 18.4 Å². The quantitative estimate of drug-likeness (QED) is 0.332. The van der Waals surface area contributed by atoms with Crippen LogP contribution in [0.25, 0.3) is 11.3 Å². The number of rotatable bonds is 6. The van der Waals surface area contributed by atoms with Crippen molar-refractivity contribution < 1.29 is 4.74 Å². The van der Waals surface area contributed by atoms with Crippen LogP contribution in [0.5, 0.6) is 0 Å². The summed E-state index contributed by atoms with van der Waals surface area (Å²) in [5, 5.41) is 6.90. The summed E-state index contributed by atoms with van der Waals surface area (Å²) >= 11 is 6.86. The summed E-state index contributed by atoms with van der Waals surface area (Å²) < 4.78 is 8.72. The van der Waals surface area contributed by atoms with Gasteiger partial charge in [0, 0.05) is 26.9 Å². The second kappa shape index (κ2) is 9.89. The first-order chi connectivity index (χ1) is 14.2. The first-order valence-corrected chi connectivity index (χ1v) is 12.4. The Morgan fingerprint density at radius 1 is 1.21 bits per heavy atom. The Balaban J connectivity index is 1.68. The number of hydrogen-bond donors (Lipinski definition) is 0. The lowest BCUT2D eigenvalue weighted by atomic mass is 10.2. The smallest absolute Gasteiger partial charge is 0.206 e. The summed E-state index contributed by atoms with van der Waals surface area (Å²) in [4.78, 5) is 6.95. The van der Waals surface area contributed by atoms with E-state index < -0.39 is 0 Å². The number of benzene rings is 2. The highest BCUT2D eigenvalue weighted by Gasteiger charge is 2.15. The van der Waals surface area contributed by atoms with Gasteiger partial charge < -0.3 is 4.74 Å². The zero-order valence-corrected chi connectivity index (χ0v) is 19.3. The van der Waals surface area contributed by atoms with Gasteiger partial charge in [-0.25, -0.2) is 4.68 Å². The van der Waals surface area contributed by atoms with Gasteiger partial charge in [0.05, 0.1) is 24.6 Å². The second-order valence-electron chi connectivity index (χ2n) is 6.72. The van der Waals surface area contributed by atoms with Gasteiger partial charge in [-0.05, 0) is 48.9 Å². The second-order valence-corrected chi connectivity index (χ2v) is 9.35. The molecule has 2 aromatic carbocycles. The van der Waals surface area contributed by atoms with Gasteiger partial charge in [0.25, 0.3) is 0 Å². The van der Waals surface area contributed by atoms with Crippen LogP contribution in [-0.4, -0.2) is 36.4 Å². The average molecular weight is 488 g/mol. The molecule has 2 heterocycles. The van der Waals surface area contributed by atoms with Crippen molar-refractivity contribution in [3.63, 3.8) is 0 Å². The van der Waals surface area contributed by atoms with Crippen molar-refractivity contribution in [2.24, 2.45) is 10.1 Å². The number of ether oxygens (including phenoxy) is 1. The van der Waals surface area contributed by atoms with Crippen LogP contribution in [0, 0.1) is 0 Å². The molecule has 1 aliphatic heterocycles. The van der Waals surface area contributed by atoms with Gasteiger partial charge in [-0.3, -0.25) is 4.99 Å². The molecule has 0 radical (unpaired) electrons. The SMILES string of the molecule is CSc1ccc(C=Nn2c(-c3ccc(Br)cc3)csc2=NCC2CCCO2)cc1. The van der Waals surface area contributed by atoms with E-state index in [0.29, 0.717) is 6.54 Å². The number of thiazole rings is 1. The number of nitrogens with zero attached hydrogens (tertiary/aromatic N) is 3. The fourth-order valence-corrected chi connectivity index (χ4v) is 4.64. The molecule has 0 N–H and O–H groups in total. The fraction of sp³-hybridized carbons (Fsp3) is 0.273. The molecule has 1 atom stereocenters. The molecule has 1 unspecified atom stereocenters. The Kier molecular flexibility index (Phi) is 7.02. The summed E-state index contributed by atoms with van der Waals surface area (Å²) in [6.45, 7) is 1.52. The van der Waals surface area contributed by atoms with E-state index in [1.165, 1.54) is 4.90 Å². The third-order valence-corrected chi connectivity index (χ3v) is 6.84. The number of thioether (sulfide) groups is 1. The first-order valence-electron chi connectivity index (χ1n) is 9.50. The molecular weight excluding hydrogens is 466 g/mol. The largest absolute Gasteiger partial charge is 0.376 e. The topological polar surface area (TPSA) is 38.9 Å². The van der Waals surface area contributed by atoms with Crippen LogP contribution in [0.15, 0.2) is 73.4 Å². The van der Waals surface area contributed by atoms with Crippen molar-refractivity contribution in [2.45, 2.75) is 23.8 Å². The molecule has 0 saturated carbocycles. The minimum absolute atomic E-state index is 0.227. The van der Waals surface area contributed by atoms with Crippen molar-refractivity contribution in [3.8, 4) is 11.3 Å². The van der Waals surface area contributed by atoms with Crippen molar-refractivity contribution in [1.82, 2.24) is 4.68 Å². The maximum atomic E-state index is 5.73. The molecule has 3 aromatic rings. The molecule has 150 valence electrons. The van der Waals surface area contributed by atoms with Crippen molar-refractivity contribution in [1.29, 1.82) is 0 Å². The van der Waals surface area contributed by atoms with E-state index in [0.717, 1.165) is 45.5 Å². The lowest BCUT2D eigenvalue weighted by Crippen LogP contribution is -2.17. The minimum atomic E-state index is 0.227. The van der Waals surface area contributed by atoms with Gasteiger partial charge in [0.1, 0.15) is 0 Å². The number of hydrogen-bond acceptors (Lipinski definition) is 5. The van der Waals surface area contributed by atoms with Crippen LogP contribution in [-0.2, 0) is 4.74 Å². The van der Waals surface area contributed by atoms with Crippen LogP contribution < -0.4 is 4.80 Å². The molecule has 7 heteroatoms. The van der Waals surface area contributed by atoms with E-state index in [-0.39, 0.29) is 6.10 Å². The summed E-state index contributed by atoms with van der Waals surface area (Å²) in [5.41, 5.74) is 3.21. The van der Waals surface area contributed by atoms with E-state index >= 15 is 0 Å². The molecule has 4 nitrogen and oxygen atoms in total. The molecule has 1 aromatic heterocycles. The molecular formula is C22H22BrN3OS2. The molecule has 29 heavy (non-hydrogen) atoms. The van der Waals surface area contributed by atoms with Crippen LogP contribution in [0.4, 0.5) is 0 Å². The third-order valence-electron chi connectivity index (χ3n) is 4.72. The van der Waals surface area contributed by atoms with Crippen LogP contribution in [0.2, 0.25) is 0 Å². The predicted octanol–water partition coefficient (Wildman–Crippen LogP) is 5.66. The summed E-state index contributed by atoms with van der Waals surface area (Å²) in [7, 11) is 0. The van der Waals surface area contributed by atoms with Gasteiger partial charge in [-0.15, -0.1) is 23.1 Å². The Labute approximate surface area is 187 Å². The third kappa shape index (κ3) is 5.28. The zero-order valence-electron chi connectivity index (χ0n) is 16.1. The van der Waals surface area contributed by atoms with Gasteiger partial charge in [0.2, 0.25) is 4.80 Å². The fourth-order valence-electron chi connectivity index (χ4n) is 3.12.